The van der Waals surface area contributed by atoms with E-state index in [1.165, 1.54) is 5.56 Å². The molecule has 0 fully saturated rings. The van der Waals surface area contributed by atoms with Crippen LogP contribution in [0.15, 0.2) is 29.6 Å². The number of benzene rings is 1. The van der Waals surface area contributed by atoms with E-state index >= 15 is 0 Å². The zero-order chi connectivity index (χ0) is 12.4. The van der Waals surface area contributed by atoms with Crippen LogP contribution >= 0.6 is 34.5 Å². The molecule has 0 bridgehead atoms. The SMILES string of the molecule is Cc1ccsc1C(NN)c1cccc(Cl)c1Cl. The van der Waals surface area contributed by atoms with E-state index in [0.717, 1.165) is 10.4 Å². The summed E-state index contributed by atoms with van der Waals surface area (Å²) < 4.78 is 0. The molecule has 1 aromatic heterocycles. The first-order valence-corrected chi connectivity index (χ1v) is 6.72. The molecule has 2 rings (SSSR count). The fraction of sp³-hybridized carbons (Fsp3) is 0.167. The number of nitrogens with two attached hydrogens (primary N) is 1. The Labute approximate surface area is 114 Å². The lowest BCUT2D eigenvalue weighted by Crippen LogP contribution is -2.28. The van der Waals surface area contributed by atoms with Crippen LogP contribution in [0.1, 0.15) is 22.0 Å². The summed E-state index contributed by atoms with van der Waals surface area (Å²) in [6.45, 7) is 2.05. The molecular weight excluding hydrogens is 275 g/mol. The van der Waals surface area contributed by atoms with E-state index in [2.05, 4.69) is 18.4 Å². The van der Waals surface area contributed by atoms with Crippen molar-refractivity contribution >= 4 is 34.5 Å². The summed E-state index contributed by atoms with van der Waals surface area (Å²) in [5.74, 6) is 5.64. The summed E-state index contributed by atoms with van der Waals surface area (Å²) in [5, 5.41) is 3.12. The maximum Gasteiger partial charge on any atom is 0.0820 e. The van der Waals surface area contributed by atoms with Gasteiger partial charge in [-0.3, -0.25) is 5.84 Å². The Morgan fingerprint density at radius 2 is 2.06 bits per heavy atom. The average molecular weight is 287 g/mol. The van der Waals surface area contributed by atoms with Crippen molar-refractivity contribution in [1.82, 2.24) is 5.43 Å². The second-order valence-electron chi connectivity index (χ2n) is 3.71. The normalized spacial score (nSPS) is 12.7. The molecular formula is C12H12Cl2N2S. The second-order valence-corrected chi connectivity index (χ2v) is 5.44. The van der Waals surface area contributed by atoms with Gasteiger partial charge in [-0.05, 0) is 35.6 Å². The van der Waals surface area contributed by atoms with Crippen LogP contribution < -0.4 is 11.3 Å². The minimum absolute atomic E-state index is 0.124. The summed E-state index contributed by atoms with van der Waals surface area (Å²) in [6, 6.07) is 7.50. The van der Waals surface area contributed by atoms with Gasteiger partial charge in [-0.25, -0.2) is 5.43 Å². The zero-order valence-corrected chi connectivity index (χ0v) is 11.5. The van der Waals surface area contributed by atoms with Gasteiger partial charge in [0, 0.05) is 4.88 Å². The van der Waals surface area contributed by atoms with Crippen molar-refractivity contribution in [3.05, 3.63) is 55.7 Å². The van der Waals surface area contributed by atoms with E-state index in [0.29, 0.717) is 10.0 Å². The monoisotopic (exact) mass is 286 g/mol. The Bertz CT molecular complexity index is 525. The lowest BCUT2D eigenvalue weighted by Gasteiger charge is -2.18. The number of thiophene rings is 1. The van der Waals surface area contributed by atoms with Crippen LogP contribution in [-0.2, 0) is 0 Å². The molecule has 0 radical (unpaired) electrons. The van der Waals surface area contributed by atoms with Crippen LogP contribution in [0.2, 0.25) is 10.0 Å². The van der Waals surface area contributed by atoms with Crippen molar-refractivity contribution < 1.29 is 0 Å². The summed E-state index contributed by atoms with van der Waals surface area (Å²) in [4.78, 5) is 1.15. The topological polar surface area (TPSA) is 38.0 Å². The predicted octanol–water partition coefficient (Wildman–Crippen LogP) is 3.92. The van der Waals surface area contributed by atoms with Crippen LogP contribution in [0.25, 0.3) is 0 Å². The van der Waals surface area contributed by atoms with Gasteiger partial charge >= 0.3 is 0 Å². The van der Waals surface area contributed by atoms with Crippen molar-refractivity contribution in [1.29, 1.82) is 0 Å². The largest absolute Gasteiger partial charge is 0.271 e. The summed E-state index contributed by atoms with van der Waals surface area (Å²) in [7, 11) is 0. The van der Waals surface area contributed by atoms with Crippen LogP contribution in [0.3, 0.4) is 0 Å². The molecule has 5 heteroatoms. The van der Waals surface area contributed by atoms with Crippen LogP contribution in [0.4, 0.5) is 0 Å². The number of hydrazine groups is 1. The molecule has 2 aromatic rings. The quantitative estimate of drug-likeness (QED) is 0.663. The Hall–Kier alpha value is -0.580. The molecule has 0 amide bonds. The van der Waals surface area contributed by atoms with Gasteiger partial charge in [-0.15, -0.1) is 11.3 Å². The molecule has 0 saturated heterocycles. The summed E-state index contributed by atoms with van der Waals surface area (Å²) >= 11 is 13.9. The third-order valence-corrected chi connectivity index (χ3v) is 4.54. The van der Waals surface area contributed by atoms with Gasteiger partial charge in [0.1, 0.15) is 0 Å². The molecule has 1 unspecified atom stereocenters. The molecule has 1 heterocycles. The van der Waals surface area contributed by atoms with Gasteiger partial charge < -0.3 is 0 Å². The average Bonchev–Trinajstić information content (AvgIpc) is 2.72. The molecule has 90 valence electrons. The Balaban J connectivity index is 2.50. The molecule has 0 spiro atoms. The van der Waals surface area contributed by atoms with Gasteiger partial charge in [-0.1, -0.05) is 35.3 Å². The van der Waals surface area contributed by atoms with Gasteiger partial charge in [0.25, 0.3) is 0 Å². The smallest absolute Gasteiger partial charge is 0.0820 e. The van der Waals surface area contributed by atoms with E-state index in [1.54, 1.807) is 17.4 Å². The Morgan fingerprint density at radius 1 is 1.29 bits per heavy atom. The van der Waals surface area contributed by atoms with E-state index < -0.39 is 0 Å². The third-order valence-electron chi connectivity index (χ3n) is 2.62. The molecule has 0 aliphatic carbocycles. The van der Waals surface area contributed by atoms with E-state index in [9.17, 15) is 0 Å². The molecule has 0 saturated carbocycles. The second kappa shape index (κ2) is 5.38. The van der Waals surface area contributed by atoms with E-state index in [-0.39, 0.29) is 6.04 Å². The van der Waals surface area contributed by atoms with Crippen LogP contribution in [-0.4, -0.2) is 0 Å². The number of rotatable bonds is 3. The number of nitrogens with one attached hydrogen (secondary N) is 1. The first-order valence-electron chi connectivity index (χ1n) is 5.09. The highest BCUT2D eigenvalue weighted by molar-refractivity contribution is 7.10. The molecule has 1 atom stereocenters. The van der Waals surface area contributed by atoms with Crippen LogP contribution in [0, 0.1) is 6.92 Å². The standard InChI is InChI=1S/C12H12Cl2N2S/c1-7-5-6-17-12(7)11(16-15)8-3-2-4-9(13)10(8)14/h2-6,11,16H,15H2,1H3. The number of halogens is 2. The first kappa shape index (κ1) is 12.9. The molecule has 2 nitrogen and oxygen atoms in total. The van der Waals surface area contributed by atoms with E-state index in [1.807, 2.05) is 17.5 Å². The Kier molecular flexibility index (Phi) is 4.07. The van der Waals surface area contributed by atoms with Crippen molar-refractivity contribution in [3.63, 3.8) is 0 Å². The van der Waals surface area contributed by atoms with Gasteiger partial charge in [0.05, 0.1) is 16.1 Å². The van der Waals surface area contributed by atoms with Crippen LogP contribution in [0.5, 0.6) is 0 Å². The minimum atomic E-state index is -0.124. The Morgan fingerprint density at radius 3 is 2.65 bits per heavy atom. The lowest BCUT2D eigenvalue weighted by molar-refractivity contribution is 0.644. The van der Waals surface area contributed by atoms with Gasteiger partial charge in [0.2, 0.25) is 0 Å². The van der Waals surface area contributed by atoms with Crippen molar-refractivity contribution in [2.24, 2.45) is 5.84 Å². The van der Waals surface area contributed by atoms with E-state index in [4.69, 9.17) is 29.0 Å². The molecule has 1 aromatic carbocycles. The predicted molar refractivity (Wildman–Crippen MR) is 74.7 cm³/mol. The fourth-order valence-corrected chi connectivity index (χ4v) is 3.15. The first-order chi connectivity index (χ1) is 8.15. The number of aryl methyl sites for hydroxylation is 1. The highest BCUT2D eigenvalue weighted by Gasteiger charge is 2.19. The van der Waals surface area contributed by atoms with Gasteiger partial charge in [0.15, 0.2) is 0 Å². The van der Waals surface area contributed by atoms with Crippen molar-refractivity contribution in [3.8, 4) is 0 Å². The third kappa shape index (κ3) is 2.49. The molecule has 0 aliphatic rings. The lowest BCUT2D eigenvalue weighted by atomic mass is 10.0. The number of hydrogen-bond donors (Lipinski definition) is 2. The van der Waals surface area contributed by atoms with Gasteiger partial charge in [-0.2, -0.15) is 0 Å². The number of hydrogen-bond acceptors (Lipinski definition) is 3. The summed E-state index contributed by atoms with van der Waals surface area (Å²) in [6.07, 6.45) is 0. The fourth-order valence-electron chi connectivity index (χ4n) is 1.73. The van der Waals surface area contributed by atoms with Crippen molar-refractivity contribution in [2.45, 2.75) is 13.0 Å². The van der Waals surface area contributed by atoms with Crippen molar-refractivity contribution in [2.75, 3.05) is 0 Å². The molecule has 17 heavy (non-hydrogen) atoms. The zero-order valence-electron chi connectivity index (χ0n) is 9.21. The highest BCUT2D eigenvalue weighted by Crippen LogP contribution is 2.35. The molecule has 0 aliphatic heterocycles. The summed E-state index contributed by atoms with van der Waals surface area (Å²) in [5.41, 5.74) is 4.88. The minimum Gasteiger partial charge on any atom is -0.271 e. The maximum atomic E-state index is 6.21. The molecule has 3 N–H and O–H groups in total. The maximum absolute atomic E-state index is 6.21. The highest BCUT2D eigenvalue weighted by atomic mass is 35.5.